The summed E-state index contributed by atoms with van der Waals surface area (Å²) < 4.78 is 52.2. The molecule has 1 heterocycles. The van der Waals surface area contributed by atoms with Crippen molar-refractivity contribution in [2.75, 3.05) is 18.1 Å². The van der Waals surface area contributed by atoms with E-state index in [1.807, 2.05) is 30.3 Å². The van der Waals surface area contributed by atoms with Crippen molar-refractivity contribution in [3.05, 3.63) is 66.2 Å². The van der Waals surface area contributed by atoms with E-state index in [0.717, 1.165) is 5.56 Å². The number of hydrogen-bond acceptors (Lipinski definition) is 4. The zero-order chi connectivity index (χ0) is 18.6. The quantitative estimate of drug-likeness (QED) is 0.725. The van der Waals surface area contributed by atoms with Crippen LogP contribution in [0.2, 0.25) is 0 Å². The first-order chi connectivity index (χ1) is 12.4. The molecule has 2 aromatic rings. The minimum atomic E-state index is -3.51. The highest BCUT2D eigenvalue weighted by atomic mass is 32.2. The lowest BCUT2D eigenvalue weighted by molar-refractivity contribution is 0.407. The fourth-order valence-electron chi connectivity index (χ4n) is 3.33. The van der Waals surface area contributed by atoms with Crippen molar-refractivity contribution in [1.29, 1.82) is 0 Å². The molecule has 1 atom stereocenters. The Morgan fingerprint density at radius 1 is 0.885 bits per heavy atom. The van der Waals surface area contributed by atoms with Gasteiger partial charge in [0.25, 0.3) is 0 Å². The second-order valence-electron chi connectivity index (χ2n) is 6.55. The minimum Gasteiger partial charge on any atom is -0.224 e. The molecule has 0 aromatic heterocycles. The van der Waals surface area contributed by atoms with Gasteiger partial charge in [-0.3, -0.25) is 0 Å². The van der Waals surface area contributed by atoms with Crippen LogP contribution in [0.1, 0.15) is 18.4 Å². The average Bonchev–Trinajstić information content (AvgIpc) is 3.10. The van der Waals surface area contributed by atoms with Gasteiger partial charge in [0.15, 0.2) is 9.84 Å². The second-order valence-corrected chi connectivity index (χ2v) is 10.6. The van der Waals surface area contributed by atoms with Gasteiger partial charge in [0.2, 0.25) is 10.0 Å². The molecule has 1 aliphatic heterocycles. The van der Waals surface area contributed by atoms with E-state index in [9.17, 15) is 16.8 Å². The Morgan fingerprint density at radius 3 is 2.15 bits per heavy atom. The summed E-state index contributed by atoms with van der Waals surface area (Å²) in [5.41, 5.74) is 0.962. The molecule has 0 aliphatic carbocycles. The molecule has 0 spiro atoms. The van der Waals surface area contributed by atoms with E-state index in [4.69, 9.17) is 0 Å². The largest absolute Gasteiger partial charge is 0.224 e. The van der Waals surface area contributed by atoms with Crippen LogP contribution < -0.4 is 0 Å². The Labute approximate surface area is 155 Å². The molecule has 1 unspecified atom stereocenters. The van der Waals surface area contributed by atoms with E-state index in [-0.39, 0.29) is 16.4 Å². The molecule has 0 bridgehead atoms. The summed E-state index contributed by atoms with van der Waals surface area (Å²) in [6, 6.07) is 17.2. The van der Waals surface area contributed by atoms with Crippen LogP contribution in [-0.2, 0) is 26.3 Å². The van der Waals surface area contributed by atoms with Crippen LogP contribution >= 0.6 is 0 Å². The SMILES string of the molecule is O=S(=O)(CC1CCCN1S(=O)(=O)CCc1ccccc1)c1ccccc1. The van der Waals surface area contributed by atoms with Gasteiger partial charge in [-0.2, -0.15) is 4.31 Å². The van der Waals surface area contributed by atoms with Crippen molar-refractivity contribution in [2.45, 2.75) is 30.2 Å². The molecule has 7 heteroatoms. The predicted molar refractivity (Wildman–Crippen MR) is 102 cm³/mol. The van der Waals surface area contributed by atoms with E-state index in [0.29, 0.717) is 25.8 Å². The lowest BCUT2D eigenvalue weighted by Gasteiger charge is -2.24. The molecule has 0 radical (unpaired) electrons. The Balaban J connectivity index is 1.71. The number of sulfonamides is 1. The van der Waals surface area contributed by atoms with Gasteiger partial charge in [-0.25, -0.2) is 16.8 Å². The fraction of sp³-hybridized carbons (Fsp3) is 0.368. The predicted octanol–water partition coefficient (Wildman–Crippen LogP) is 2.50. The molecule has 26 heavy (non-hydrogen) atoms. The summed E-state index contributed by atoms with van der Waals surface area (Å²) in [5.74, 6) is -0.166. The summed E-state index contributed by atoms with van der Waals surface area (Å²) in [4.78, 5) is 0.244. The van der Waals surface area contributed by atoms with Crippen LogP contribution in [0, 0.1) is 0 Å². The Morgan fingerprint density at radius 2 is 1.50 bits per heavy atom. The van der Waals surface area contributed by atoms with Crippen LogP contribution in [-0.4, -0.2) is 45.2 Å². The Bertz CT molecular complexity index is 926. The summed E-state index contributed by atoms with van der Waals surface area (Å²) >= 11 is 0. The maximum Gasteiger partial charge on any atom is 0.214 e. The topological polar surface area (TPSA) is 71.5 Å². The van der Waals surface area contributed by atoms with Crippen LogP contribution in [0.5, 0.6) is 0 Å². The van der Waals surface area contributed by atoms with Crippen LogP contribution in [0.4, 0.5) is 0 Å². The lowest BCUT2D eigenvalue weighted by atomic mass is 10.2. The first-order valence-corrected chi connectivity index (χ1v) is 12.0. The molecule has 3 rings (SSSR count). The maximum atomic E-state index is 12.8. The minimum absolute atomic E-state index is 0.00109. The first kappa shape index (κ1) is 19.1. The molecule has 140 valence electrons. The van der Waals surface area contributed by atoms with Crippen molar-refractivity contribution in [3.63, 3.8) is 0 Å². The van der Waals surface area contributed by atoms with Crippen LogP contribution in [0.25, 0.3) is 0 Å². The summed E-state index contributed by atoms with van der Waals surface area (Å²) in [5, 5.41) is 0. The van der Waals surface area contributed by atoms with Gasteiger partial charge < -0.3 is 0 Å². The van der Waals surface area contributed by atoms with E-state index in [2.05, 4.69) is 0 Å². The van der Waals surface area contributed by atoms with Gasteiger partial charge in [0, 0.05) is 12.6 Å². The van der Waals surface area contributed by atoms with Crippen molar-refractivity contribution in [3.8, 4) is 0 Å². The van der Waals surface area contributed by atoms with E-state index in [1.54, 1.807) is 30.3 Å². The highest BCUT2D eigenvalue weighted by molar-refractivity contribution is 7.91. The van der Waals surface area contributed by atoms with Gasteiger partial charge in [0.05, 0.1) is 16.4 Å². The third-order valence-electron chi connectivity index (χ3n) is 4.69. The van der Waals surface area contributed by atoms with Crippen LogP contribution in [0.15, 0.2) is 65.6 Å². The molecule has 0 saturated carbocycles. The average molecular weight is 394 g/mol. The summed E-state index contributed by atoms with van der Waals surface area (Å²) in [6.45, 7) is 0.395. The number of aryl methyl sites for hydroxylation is 1. The number of rotatable bonds is 7. The van der Waals surface area contributed by atoms with Crippen molar-refractivity contribution in [2.24, 2.45) is 0 Å². The van der Waals surface area contributed by atoms with E-state index >= 15 is 0 Å². The van der Waals surface area contributed by atoms with Crippen molar-refractivity contribution >= 4 is 19.9 Å². The number of sulfone groups is 1. The highest BCUT2D eigenvalue weighted by Crippen LogP contribution is 2.25. The van der Waals surface area contributed by atoms with Gasteiger partial charge >= 0.3 is 0 Å². The third kappa shape index (κ3) is 4.52. The first-order valence-electron chi connectivity index (χ1n) is 8.70. The standard InChI is InChI=1S/C19H23NO4S2/c21-25(22,19-11-5-2-6-12-19)16-18-10-7-14-20(18)26(23,24)15-13-17-8-3-1-4-9-17/h1-6,8-9,11-12,18H,7,10,13-16H2. The monoisotopic (exact) mass is 393 g/mol. The van der Waals surface area contributed by atoms with Crippen LogP contribution in [0.3, 0.4) is 0 Å². The van der Waals surface area contributed by atoms with Gasteiger partial charge in [-0.1, -0.05) is 48.5 Å². The molecule has 2 aromatic carbocycles. The second kappa shape index (κ2) is 7.90. The smallest absolute Gasteiger partial charge is 0.214 e. The molecule has 1 aliphatic rings. The van der Waals surface area contributed by atoms with E-state index < -0.39 is 25.9 Å². The zero-order valence-electron chi connectivity index (χ0n) is 14.5. The number of nitrogens with zero attached hydrogens (tertiary/aromatic N) is 1. The van der Waals surface area contributed by atoms with Gasteiger partial charge in [0.1, 0.15) is 0 Å². The Hall–Kier alpha value is -1.70. The molecule has 1 fully saturated rings. The molecule has 5 nitrogen and oxygen atoms in total. The lowest BCUT2D eigenvalue weighted by Crippen LogP contribution is -2.41. The van der Waals surface area contributed by atoms with Crippen molar-refractivity contribution in [1.82, 2.24) is 4.31 Å². The maximum absolute atomic E-state index is 12.8. The number of hydrogen-bond donors (Lipinski definition) is 0. The Kier molecular flexibility index (Phi) is 5.79. The molecular formula is C19H23NO4S2. The molecule has 0 amide bonds. The molecule has 0 N–H and O–H groups in total. The third-order valence-corrected chi connectivity index (χ3v) is 8.42. The number of benzene rings is 2. The molecular weight excluding hydrogens is 370 g/mol. The normalized spacial score (nSPS) is 18.8. The van der Waals surface area contributed by atoms with Gasteiger partial charge in [-0.05, 0) is 37.0 Å². The summed E-state index contributed by atoms with van der Waals surface area (Å²) in [6.07, 6.45) is 1.70. The fourth-order valence-corrected chi connectivity index (χ4v) is 6.81. The highest BCUT2D eigenvalue weighted by Gasteiger charge is 2.36. The zero-order valence-corrected chi connectivity index (χ0v) is 16.1. The van der Waals surface area contributed by atoms with E-state index in [1.165, 1.54) is 4.31 Å². The molecule has 1 saturated heterocycles. The summed E-state index contributed by atoms with van der Waals surface area (Å²) in [7, 11) is -7.00. The van der Waals surface area contributed by atoms with Gasteiger partial charge in [-0.15, -0.1) is 0 Å². The van der Waals surface area contributed by atoms with Crippen molar-refractivity contribution < 1.29 is 16.8 Å².